The predicted octanol–water partition coefficient (Wildman–Crippen LogP) is 0.348. The normalized spacial score (nSPS) is 8.25. The number of rotatable bonds is 0. The molecule has 1 heterocycles. The monoisotopic (exact) mass is 107 g/mol. The zero-order valence-electron chi connectivity index (χ0n) is 5.13. The van der Waals surface area contributed by atoms with Crippen LogP contribution in [0.1, 0.15) is 5.82 Å². The predicted molar refractivity (Wildman–Crippen MR) is 33.7 cm³/mol. The third kappa shape index (κ3) is 1.12. The highest BCUT2D eigenvalue weighted by Crippen LogP contribution is 1.86. The summed E-state index contributed by atoms with van der Waals surface area (Å²) < 4.78 is 1.97. The first kappa shape index (κ1) is 7.27. The second kappa shape index (κ2) is 2.55. The molecule has 41 valence electrons. The molecule has 1 aromatic heterocycles. The Labute approximate surface area is 51.1 Å². The van der Waals surface area contributed by atoms with Crippen molar-refractivity contribution in [2.75, 3.05) is 0 Å². The Hall–Kier alpha value is -0.725. The maximum absolute atomic E-state index is 3.98. The highest BCUT2D eigenvalue weighted by Gasteiger charge is 1.83. The first-order chi connectivity index (χ1) is 3.30. The molecular formula is C5H8BN2. The van der Waals surface area contributed by atoms with Crippen LogP contribution < -0.4 is 0 Å². The van der Waals surface area contributed by atoms with E-state index < -0.39 is 0 Å². The SMILES string of the molecule is Cc1nccn1C.[B]. The largest absolute Gasteiger partial charge is 0.338 e. The molecule has 8 heavy (non-hydrogen) atoms. The lowest BCUT2D eigenvalue weighted by atomic mass is 10.7. The second-order valence-electron chi connectivity index (χ2n) is 1.59. The standard InChI is InChI=1S/C5H8N2.B/c1-5-6-3-4-7(5)2;/h3-4H,1-2H3;. The van der Waals surface area contributed by atoms with Crippen molar-refractivity contribution < 1.29 is 0 Å². The van der Waals surface area contributed by atoms with Crippen LogP contribution in [0.4, 0.5) is 0 Å². The molecular weight excluding hydrogens is 98.9 g/mol. The summed E-state index contributed by atoms with van der Waals surface area (Å²) in [7, 11) is 1.97. The van der Waals surface area contributed by atoms with Gasteiger partial charge >= 0.3 is 0 Å². The van der Waals surface area contributed by atoms with Crippen LogP contribution in [-0.2, 0) is 7.05 Å². The lowest BCUT2D eigenvalue weighted by Crippen LogP contribution is -1.86. The van der Waals surface area contributed by atoms with Crippen LogP contribution in [-0.4, -0.2) is 18.0 Å². The first-order valence-electron chi connectivity index (χ1n) is 2.24. The molecule has 0 unspecified atom stereocenters. The summed E-state index contributed by atoms with van der Waals surface area (Å²) in [5.41, 5.74) is 0. The summed E-state index contributed by atoms with van der Waals surface area (Å²) in [4.78, 5) is 3.98. The van der Waals surface area contributed by atoms with Crippen LogP contribution in [0.15, 0.2) is 12.4 Å². The van der Waals surface area contributed by atoms with Crippen molar-refractivity contribution in [1.29, 1.82) is 0 Å². The van der Waals surface area contributed by atoms with Crippen LogP contribution in [0.3, 0.4) is 0 Å². The van der Waals surface area contributed by atoms with Gasteiger partial charge in [-0.05, 0) is 6.92 Å². The maximum Gasteiger partial charge on any atom is 0.105 e. The van der Waals surface area contributed by atoms with E-state index in [-0.39, 0.29) is 8.41 Å². The molecule has 3 radical (unpaired) electrons. The molecule has 0 bridgehead atoms. The molecule has 0 amide bonds. The van der Waals surface area contributed by atoms with E-state index in [1.165, 1.54) is 0 Å². The Bertz CT molecular complexity index is 143. The van der Waals surface area contributed by atoms with Gasteiger partial charge in [-0.15, -0.1) is 0 Å². The summed E-state index contributed by atoms with van der Waals surface area (Å²) in [5.74, 6) is 1.06. The number of aromatic nitrogens is 2. The third-order valence-corrected chi connectivity index (χ3v) is 1.06. The fourth-order valence-corrected chi connectivity index (χ4v) is 0.440. The fraction of sp³-hybridized carbons (Fsp3) is 0.400. The summed E-state index contributed by atoms with van der Waals surface area (Å²) in [6.07, 6.45) is 3.71. The average molecular weight is 107 g/mol. The number of imidazole rings is 1. The van der Waals surface area contributed by atoms with Crippen molar-refractivity contribution in [2.45, 2.75) is 6.92 Å². The molecule has 0 saturated heterocycles. The van der Waals surface area contributed by atoms with Gasteiger partial charge in [-0.1, -0.05) is 0 Å². The molecule has 0 atom stereocenters. The van der Waals surface area contributed by atoms with E-state index >= 15 is 0 Å². The number of nitrogens with zero attached hydrogens (tertiary/aromatic N) is 2. The van der Waals surface area contributed by atoms with Gasteiger partial charge in [0.25, 0.3) is 0 Å². The van der Waals surface area contributed by atoms with Crippen LogP contribution in [0.25, 0.3) is 0 Å². The second-order valence-corrected chi connectivity index (χ2v) is 1.59. The Morgan fingerprint density at radius 3 is 2.38 bits per heavy atom. The molecule has 0 fully saturated rings. The minimum absolute atomic E-state index is 0. The lowest BCUT2D eigenvalue weighted by Gasteiger charge is -1.87. The Morgan fingerprint density at radius 1 is 1.62 bits per heavy atom. The molecule has 0 aliphatic heterocycles. The minimum Gasteiger partial charge on any atom is -0.338 e. The van der Waals surface area contributed by atoms with Gasteiger partial charge in [-0.25, -0.2) is 4.98 Å². The van der Waals surface area contributed by atoms with E-state index in [1.54, 1.807) is 6.20 Å². The summed E-state index contributed by atoms with van der Waals surface area (Å²) >= 11 is 0. The smallest absolute Gasteiger partial charge is 0.105 e. The highest BCUT2D eigenvalue weighted by molar-refractivity contribution is 5.75. The number of aryl methyl sites for hydroxylation is 2. The van der Waals surface area contributed by atoms with Gasteiger partial charge in [0.2, 0.25) is 0 Å². The summed E-state index contributed by atoms with van der Waals surface area (Å²) in [6, 6.07) is 0. The molecule has 2 nitrogen and oxygen atoms in total. The van der Waals surface area contributed by atoms with E-state index in [0.717, 1.165) is 5.82 Å². The van der Waals surface area contributed by atoms with Crippen LogP contribution in [0.2, 0.25) is 0 Å². The van der Waals surface area contributed by atoms with E-state index in [9.17, 15) is 0 Å². The van der Waals surface area contributed by atoms with Gasteiger partial charge in [-0.3, -0.25) is 0 Å². The van der Waals surface area contributed by atoms with E-state index in [1.807, 2.05) is 24.7 Å². The Kier molecular flexibility index (Phi) is 2.32. The van der Waals surface area contributed by atoms with Crippen LogP contribution in [0, 0.1) is 6.92 Å². The molecule has 0 N–H and O–H groups in total. The van der Waals surface area contributed by atoms with Crippen molar-refractivity contribution >= 4 is 8.41 Å². The zero-order valence-corrected chi connectivity index (χ0v) is 5.13. The van der Waals surface area contributed by atoms with Gasteiger partial charge < -0.3 is 4.57 Å². The van der Waals surface area contributed by atoms with Crippen LogP contribution in [0.5, 0.6) is 0 Å². The lowest BCUT2D eigenvalue weighted by molar-refractivity contribution is 0.858. The fourth-order valence-electron chi connectivity index (χ4n) is 0.440. The molecule has 0 saturated carbocycles. The van der Waals surface area contributed by atoms with Crippen molar-refractivity contribution in [3.05, 3.63) is 18.2 Å². The van der Waals surface area contributed by atoms with Crippen molar-refractivity contribution in [2.24, 2.45) is 7.05 Å². The van der Waals surface area contributed by atoms with Crippen molar-refractivity contribution in [3.63, 3.8) is 0 Å². The minimum atomic E-state index is 0. The van der Waals surface area contributed by atoms with E-state index in [4.69, 9.17) is 0 Å². The molecule has 0 aliphatic carbocycles. The van der Waals surface area contributed by atoms with Crippen molar-refractivity contribution in [3.8, 4) is 0 Å². The van der Waals surface area contributed by atoms with Gasteiger partial charge in [0.15, 0.2) is 0 Å². The van der Waals surface area contributed by atoms with Crippen LogP contribution >= 0.6 is 0 Å². The average Bonchev–Trinajstić information content (AvgIpc) is 1.91. The molecule has 1 rings (SSSR count). The first-order valence-corrected chi connectivity index (χ1v) is 2.24. The Balaban J connectivity index is 0.000000490. The third-order valence-electron chi connectivity index (χ3n) is 1.06. The van der Waals surface area contributed by atoms with E-state index in [2.05, 4.69) is 4.98 Å². The summed E-state index contributed by atoms with van der Waals surface area (Å²) in [6.45, 7) is 1.97. The van der Waals surface area contributed by atoms with Gasteiger partial charge in [-0.2, -0.15) is 0 Å². The summed E-state index contributed by atoms with van der Waals surface area (Å²) in [5, 5.41) is 0. The number of hydrogen-bond donors (Lipinski definition) is 0. The maximum atomic E-state index is 3.98. The van der Waals surface area contributed by atoms with Gasteiger partial charge in [0.05, 0.1) is 0 Å². The quantitative estimate of drug-likeness (QED) is 0.437. The Morgan fingerprint density at radius 2 is 2.25 bits per heavy atom. The van der Waals surface area contributed by atoms with Gasteiger partial charge in [0.1, 0.15) is 5.82 Å². The molecule has 3 heteroatoms. The highest BCUT2D eigenvalue weighted by atomic mass is 15.0. The van der Waals surface area contributed by atoms with E-state index in [0.29, 0.717) is 0 Å². The molecule has 0 aromatic carbocycles. The number of hydrogen-bond acceptors (Lipinski definition) is 1. The molecule has 0 spiro atoms. The van der Waals surface area contributed by atoms with Crippen molar-refractivity contribution in [1.82, 2.24) is 9.55 Å². The topological polar surface area (TPSA) is 17.8 Å². The zero-order chi connectivity index (χ0) is 5.28. The molecule has 1 aromatic rings. The van der Waals surface area contributed by atoms with Gasteiger partial charge in [0, 0.05) is 27.9 Å². The molecule has 0 aliphatic rings.